The van der Waals surface area contributed by atoms with Crippen molar-refractivity contribution in [2.45, 2.75) is 0 Å². The number of amides is 1. The third kappa shape index (κ3) is 2.76. The molecule has 1 aromatic heterocycles. The Morgan fingerprint density at radius 3 is 2.70 bits per heavy atom. The Bertz CT molecular complexity index is 876. The molecule has 116 valence electrons. The maximum Gasteiger partial charge on any atom is 0.271 e. The minimum absolute atomic E-state index is 0.0494. The molecule has 0 saturated carbocycles. The van der Waals surface area contributed by atoms with Crippen molar-refractivity contribution in [2.24, 2.45) is 5.73 Å². The molecule has 0 atom stereocenters. The average molecular weight is 312 g/mol. The Morgan fingerprint density at radius 2 is 1.96 bits per heavy atom. The van der Waals surface area contributed by atoms with Crippen molar-refractivity contribution in [3.8, 4) is 28.1 Å². The predicted molar refractivity (Wildman–Crippen MR) is 82.3 cm³/mol. The van der Waals surface area contributed by atoms with E-state index in [0.29, 0.717) is 22.6 Å². The van der Waals surface area contributed by atoms with Crippen LogP contribution in [0.15, 0.2) is 42.5 Å². The number of nitrogens with two attached hydrogens (primary N) is 1. The molecule has 0 bridgehead atoms. The van der Waals surface area contributed by atoms with Gasteiger partial charge in [0.1, 0.15) is 17.3 Å². The van der Waals surface area contributed by atoms with Crippen LogP contribution in [0.2, 0.25) is 0 Å². The van der Waals surface area contributed by atoms with E-state index < -0.39 is 5.91 Å². The lowest BCUT2D eigenvalue weighted by Crippen LogP contribution is -2.12. The first-order valence-corrected chi connectivity index (χ1v) is 6.75. The quantitative estimate of drug-likeness (QED) is 0.773. The van der Waals surface area contributed by atoms with E-state index in [4.69, 9.17) is 10.5 Å². The van der Waals surface area contributed by atoms with Gasteiger partial charge >= 0.3 is 0 Å². The van der Waals surface area contributed by atoms with Gasteiger partial charge in [-0.05, 0) is 29.8 Å². The Hall–Kier alpha value is -3.22. The number of rotatable bonds is 4. The summed E-state index contributed by atoms with van der Waals surface area (Å²) in [6.07, 6.45) is 0. The second kappa shape index (κ2) is 5.88. The molecular formula is C16H13FN4O2. The Labute approximate surface area is 131 Å². The van der Waals surface area contributed by atoms with Crippen LogP contribution in [0.4, 0.5) is 4.39 Å². The van der Waals surface area contributed by atoms with E-state index in [0.717, 1.165) is 5.56 Å². The minimum Gasteiger partial charge on any atom is -0.496 e. The minimum atomic E-state index is -0.678. The zero-order valence-corrected chi connectivity index (χ0v) is 12.2. The summed E-state index contributed by atoms with van der Waals surface area (Å²) in [6, 6.07) is 11.4. The van der Waals surface area contributed by atoms with Gasteiger partial charge in [-0.2, -0.15) is 15.4 Å². The lowest BCUT2D eigenvalue weighted by atomic mass is 10.00. The highest BCUT2D eigenvalue weighted by Gasteiger charge is 2.16. The first kappa shape index (κ1) is 14.7. The maximum atomic E-state index is 13.6. The number of aromatic nitrogens is 3. The van der Waals surface area contributed by atoms with Crippen LogP contribution in [-0.2, 0) is 0 Å². The summed E-state index contributed by atoms with van der Waals surface area (Å²) in [4.78, 5) is 11.4. The average Bonchev–Trinajstić information content (AvgIpc) is 3.05. The standard InChI is InChI=1S/C16H13FN4O2/c1-23-13-6-5-11(17)8-12(13)9-3-2-4-10(7-9)14-15(16(18)22)20-21-19-14/h2-8H,1H3,(H2,18,22)(H,19,20,21). The fourth-order valence-electron chi connectivity index (χ4n) is 2.34. The molecule has 7 heteroatoms. The number of halogens is 1. The van der Waals surface area contributed by atoms with Gasteiger partial charge < -0.3 is 10.5 Å². The van der Waals surface area contributed by atoms with E-state index in [-0.39, 0.29) is 11.5 Å². The molecule has 2 aromatic carbocycles. The number of nitrogens with one attached hydrogen (secondary N) is 1. The summed E-state index contributed by atoms with van der Waals surface area (Å²) in [6.45, 7) is 0. The van der Waals surface area contributed by atoms with Gasteiger partial charge in [-0.1, -0.05) is 18.2 Å². The van der Waals surface area contributed by atoms with Gasteiger partial charge in [-0.25, -0.2) is 4.39 Å². The Kier molecular flexibility index (Phi) is 3.76. The van der Waals surface area contributed by atoms with E-state index in [2.05, 4.69) is 15.4 Å². The van der Waals surface area contributed by atoms with Crippen molar-refractivity contribution in [3.05, 3.63) is 54.0 Å². The highest BCUT2D eigenvalue weighted by Crippen LogP contribution is 2.33. The van der Waals surface area contributed by atoms with Crippen LogP contribution in [0.3, 0.4) is 0 Å². The van der Waals surface area contributed by atoms with Crippen LogP contribution in [0.5, 0.6) is 5.75 Å². The number of carbonyl (C=O) groups excluding carboxylic acids is 1. The number of nitrogens with zero attached hydrogens (tertiary/aromatic N) is 2. The van der Waals surface area contributed by atoms with Gasteiger partial charge in [0.25, 0.3) is 5.91 Å². The van der Waals surface area contributed by atoms with Gasteiger partial charge in [0, 0.05) is 11.1 Å². The second-order valence-electron chi connectivity index (χ2n) is 4.81. The molecule has 0 spiro atoms. The highest BCUT2D eigenvalue weighted by molar-refractivity contribution is 5.97. The number of benzene rings is 2. The number of methoxy groups -OCH3 is 1. The molecule has 23 heavy (non-hydrogen) atoms. The fraction of sp³-hybridized carbons (Fsp3) is 0.0625. The van der Waals surface area contributed by atoms with Crippen molar-refractivity contribution >= 4 is 5.91 Å². The van der Waals surface area contributed by atoms with Crippen molar-refractivity contribution in [2.75, 3.05) is 7.11 Å². The summed E-state index contributed by atoms with van der Waals surface area (Å²) in [5, 5.41) is 10.1. The molecule has 1 heterocycles. The number of primary amides is 1. The lowest BCUT2D eigenvalue weighted by molar-refractivity contribution is 0.0996. The molecule has 0 aliphatic heterocycles. The lowest BCUT2D eigenvalue weighted by Gasteiger charge is -2.10. The van der Waals surface area contributed by atoms with Crippen LogP contribution in [-0.4, -0.2) is 28.4 Å². The maximum absolute atomic E-state index is 13.6. The largest absolute Gasteiger partial charge is 0.496 e. The third-order valence-electron chi connectivity index (χ3n) is 3.39. The number of hydrogen-bond acceptors (Lipinski definition) is 4. The molecule has 0 saturated heterocycles. The number of H-pyrrole nitrogens is 1. The van der Waals surface area contributed by atoms with Crippen LogP contribution < -0.4 is 10.5 Å². The zero-order chi connectivity index (χ0) is 16.4. The van der Waals surface area contributed by atoms with Gasteiger partial charge in [-0.15, -0.1) is 0 Å². The molecule has 0 fully saturated rings. The van der Waals surface area contributed by atoms with E-state index in [1.807, 2.05) is 6.07 Å². The molecule has 0 aliphatic rings. The number of ether oxygens (including phenoxy) is 1. The zero-order valence-electron chi connectivity index (χ0n) is 12.2. The normalized spacial score (nSPS) is 10.5. The molecule has 1 amide bonds. The van der Waals surface area contributed by atoms with Crippen LogP contribution in [0.1, 0.15) is 10.5 Å². The van der Waals surface area contributed by atoms with Crippen LogP contribution in [0.25, 0.3) is 22.4 Å². The van der Waals surface area contributed by atoms with E-state index in [9.17, 15) is 9.18 Å². The SMILES string of the molecule is COc1ccc(F)cc1-c1cccc(-c2n[nH]nc2C(N)=O)c1. The van der Waals surface area contributed by atoms with Gasteiger partial charge in [0.15, 0.2) is 5.69 Å². The smallest absolute Gasteiger partial charge is 0.271 e. The molecule has 0 aliphatic carbocycles. The van der Waals surface area contributed by atoms with Crippen molar-refractivity contribution in [1.82, 2.24) is 15.4 Å². The van der Waals surface area contributed by atoms with Crippen LogP contribution in [0, 0.1) is 5.82 Å². The summed E-state index contributed by atoms with van der Waals surface area (Å²) >= 11 is 0. The topological polar surface area (TPSA) is 93.9 Å². The Balaban J connectivity index is 2.12. The Morgan fingerprint density at radius 1 is 1.17 bits per heavy atom. The molecule has 0 unspecified atom stereocenters. The highest BCUT2D eigenvalue weighted by atomic mass is 19.1. The molecule has 3 N–H and O–H groups in total. The molecule has 0 radical (unpaired) electrons. The van der Waals surface area contributed by atoms with E-state index in [1.54, 1.807) is 24.3 Å². The van der Waals surface area contributed by atoms with Crippen molar-refractivity contribution in [3.63, 3.8) is 0 Å². The summed E-state index contributed by atoms with van der Waals surface area (Å²) < 4.78 is 18.8. The third-order valence-corrected chi connectivity index (χ3v) is 3.39. The van der Waals surface area contributed by atoms with Crippen molar-refractivity contribution < 1.29 is 13.9 Å². The van der Waals surface area contributed by atoms with Crippen molar-refractivity contribution in [1.29, 1.82) is 0 Å². The second-order valence-corrected chi connectivity index (χ2v) is 4.81. The first-order valence-electron chi connectivity index (χ1n) is 6.75. The number of carbonyl (C=O) groups is 1. The molecule has 3 aromatic rings. The molecule has 6 nitrogen and oxygen atoms in total. The monoisotopic (exact) mass is 312 g/mol. The summed E-state index contributed by atoms with van der Waals surface area (Å²) in [5.74, 6) is -0.508. The fourth-order valence-corrected chi connectivity index (χ4v) is 2.34. The van der Waals surface area contributed by atoms with Gasteiger partial charge in [0.2, 0.25) is 0 Å². The number of aromatic amines is 1. The van der Waals surface area contributed by atoms with E-state index in [1.165, 1.54) is 19.2 Å². The molecule has 3 rings (SSSR count). The summed E-state index contributed by atoms with van der Waals surface area (Å²) in [5.41, 5.74) is 7.62. The number of hydrogen-bond donors (Lipinski definition) is 2. The van der Waals surface area contributed by atoms with Crippen LogP contribution >= 0.6 is 0 Å². The predicted octanol–water partition coefficient (Wildman–Crippen LogP) is 2.39. The van der Waals surface area contributed by atoms with Gasteiger partial charge in [-0.3, -0.25) is 4.79 Å². The van der Waals surface area contributed by atoms with Gasteiger partial charge in [0.05, 0.1) is 7.11 Å². The first-order chi connectivity index (χ1) is 11.1. The summed E-state index contributed by atoms with van der Waals surface area (Å²) in [7, 11) is 1.52. The van der Waals surface area contributed by atoms with E-state index >= 15 is 0 Å². The molecular weight excluding hydrogens is 299 g/mol.